The average Bonchev–Trinajstić information content (AvgIpc) is 3.07. The number of rotatable bonds is 4. The van der Waals surface area contributed by atoms with Gasteiger partial charge in [-0.05, 0) is 36.4 Å². The highest BCUT2D eigenvalue weighted by Gasteiger charge is 2.15. The van der Waals surface area contributed by atoms with E-state index in [1.54, 1.807) is 7.11 Å². The van der Waals surface area contributed by atoms with E-state index in [9.17, 15) is 0 Å². The van der Waals surface area contributed by atoms with Gasteiger partial charge in [0.25, 0.3) is 0 Å². The minimum absolute atomic E-state index is 0.822. The van der Waals surface area contributed by atoms with Gasteiger partial charge in [0.1, 0.15) is 11.6 Å². The van der Waals surface area contributed by atoms with E-state index in [0.29, 0.717) is 0 Å². The molecule has 4 aromatic rings. The molecule has 0 spiro atoms. The quantitative estimate of drug-likeness (QED) is 0.535. The molecule has 0 fully saturated rings. The number of hydrogen-bond acceptors (Lipinski definition) is 3. The third-order valence-electron chi connectivity index (χ3n) is 4.52. The summed E-state index contributed by atoms with van der Waals surface area (Å²) in [6.45, 7) is 0. The summed E-state index contributed by atoms with van der Waals surface area (Å²) in [5.41, 5.74) is 5.30. The molecule has 0 aliphatic rings. The van der Waals surface area contributed by atoms with Crippen molar-refractivity contribution in [2.24, 2.45) is 0 Å². The Morgan fingerprint density at radius 2 is 1.62 bits per heavy atom. The van der Waals surface area contributed by atoms with Crippen LogP contribution in [0.15, 0.2) is 72.8 Å². The van der Waals surface area contributed by atoms with Crippen molar-refractivity contribution in [1.29, 1.82) is 0 Å². The summed E-state index contributed by atoms with van der Waals surface area (Å²) in [5.74, 6) is 1.75. The van der Waals surface area contributed by atoms with Gasteiger partial charge in [-0.1, -0.05) is 30.3 Å². The fraction of sp³-hybridized carbons (Fsp3) is 0.136. The predicted molar refractivity (Wildman–Crippen MR) is 107 cm³/mol. The van der Waals surface area contributed by atoms with Crippen molar-refractivity contribution < 1.29 is 4.74 Å². The average molecular weight is 343 g/mol. The van der Waals surface area contributed by atoms with Crippen LogP contribution >= 0.6 is 0 Å². The zero-order chi connectivity index (χ0) is 18.1. The topological polar surface area (TPSA) is 30.3 Å². The van der Waals surface area contributed by atoms with Gasteiger partial charge in [-0.2, -0.15) is 0 Å². The molecule has 0 atom stereocenters. The van der Waals surface area contributed by atoms with Crippen LogP contribution in [-0.4, -0.2) is 30.8 Å². The summed E-state index contributed by atoms with van der Waals surface area (Å²) in [6, 6.07) is 24.8. The van der Waals surface area contributed by atoms with Crippen LogP contribution in [0, 0.1) is 0 Å². The molecule has 0 N–H and O–H groups in total. The first-order valence-electron chi connectivity index (χ1n) is 8.57. The lowest BCUT2D eigenvalue weighted by atomic mass is 10.2. The lowest BCUT2D eigenvalue weighted by Crippen LogP contribution is -2.08. The number of ether oxygens (including phenoxy) is 1. The molecule has 130 valence electrons. The van der Waals surface area contributed by atoms with Crippen LogP contribution in [0.1, 0.15) is 0 Å². The van der Waals surface area contributed by atoms with Crippen LogP contribution in [0.25, 0.3) is 28.1 Å². The minimum Gasteiger partial charge on any atom is -0.497 e. The van der Waals surface area contributed by atoms with E-state index in [2.05, 4.69) is 45.9 Å². The Kier molecular flexibility index (Phi) is 4.09. The summed E-state index contributed by atoms with van der Waals surface area (Å²) < 4.78 is 7.62. The molecule has 0 amide bonds. The number of imidazole rings is 1. The number of benzene rings is 3. The van der Waals surface area contributed by atoms with Crippen molar-refractivity contribution in [1.82, 2.24) is 9.55 Å². The Balaban J connectivity index is 1.97. The largest absolute Gasteiger partial charge is 0.497 e. The number of anilines is 1. The van der Waals surface area contributed by atoms with E-state index in [1.807, 2.05) is 50.5 Å². The van der Waals surface area contributed by atoms with Crippen LogP contribution in [0.2, 0.25) is 0 Å². The molecule has 26 heavy (non-hydrogen) atoms. The summed E-state index contributed by atoms with van der Waals surface area (Å²) in [5, 5.41) is 0. The van der Waals surface area contributed by atoms with Gasteiger partial charge < -0.3 is 9.64 Å². The van der Waals surface area contributed by atoms with Crippen LogP contribution in [0.4, 0.5) is 5.69 Å². The Hall–Kier alpha value is -3.27. The van der Waals surface area contributed by atoms with Gasteiger partial charge >= 0.3 is 0 Å². The van der Waals surface area contributed by atoms with Crippen LogP contribution in [-0.2, 0) is 0 Å². The van der Waals surface area contributed by atoms with Crippen molar-refractivity contribution in [3.05, 3.63) is 72.8 Å². The van der Waals surface area contributed by atoms with Crippen LogP contribution in [0.5, 0.6) is 5.75 Å². The highest BCUT2D eigenvalue weighted by Crippen LogP contribution is 2.31. The lowest BCUT2D eigenvalue weighted by molar-refractivity contribution is 0.415. The zero-order valence-corrected chi connectivity index (χ0v) is 15.2. The van der Waals surface area contributed by atoms with Gasteiger partial charge in [-0.25, -0.2) is 4.98 Å². The van der Waals surface area contributed by atoms with Gasteiger partial charge in [-0.3, -0.25) is 4.57 Å². The normalized spacial score (nSPS) is 10.9. The molecule has 0 bridgehead atoms. The van der Waals surface area contributed by atoms with Gasteiger partial charge in [0.2, 0.25) is 0 Å². The fourth-order valence-electron chi connectivity index (χ4n) is 3.12. The zero-order valence-electron chi connectivity index (χ0n) is 15.2. The predicted octanol–water partition coefficient (Wildman–Crippen LogP) is 4.77. The number of hydrogen-bond donors (Lipinski definition) is 0. The molecule has 4 heteroatoms. The molecule has 0 radical (unpaired) electrons. The molecule has 0 saturated heterocycles. The smallest absolute Gasteiger partial charge is 0.145 e. The number of nitrogens with zero attached hydrogens (tertiary/aromatic N) is 3. The summed E-state index contributed by atoms with van der Waals surface area (Å²) in [7, 11) is 5.77. The number of fused-ring (bicyclic) bond motifs is 1. The number of aromatic nitrogens is 2. The highest BCUT2D eigenvalue weighted by molar-refractivity contribution is 5.84. The van der Waals surface area contributed by atoms with E-state index < -0.39 is 0 Å². The maximum Gasteiger partial charge on any atom is 0.145 e. The summed E-state index contributed by atoms with van der Waals surface area (Å²) in [6.07, 6.45) is 0. The monoisotopic (exact) mass is 343 g/mol. The Morgan fingerprint density at radius 1 is 0.885 bits per heavy atom. The Labute approximate surface area is 153 Å². The van der Waals surface area contributed by atoms with Gasteiger partial charge in [0.05, 0.1) is 18.1 Å². The van der Waals surface area contributed by atoms with E-state index >= 15 is 0 Å². The molecule has 1 aromatic heterocycles. The molecular weight excluding hydrogens is 322 g/mol. The molecule has 0 unspecified atom stereocenters. The van der Waals surface area contributed by atoms with Gasteiger partial charge in [0.15, 0.2) is 0 Å². The van der Waals surface area contributed by atoms with E-state index in [-0.39, 0.29) is 0 Å². The number of methoxy groups -OCH3 is 1. The van der Waals surface area contributed by atoms with Crippen molar-refractivity contribution in [2.45, 2.75) is 0 Å². The molecule has 3 aromatic carbocycles. The van der Waals surface area contributed by atoms with Gasteiger partial charge in [-0.15, -0.1) is 0 Å². The standard InChI is InChI=1S/C22H21N3O/c1-24(2)17-9-11-18(12-10-17)25-21-15-19(26-3)13-14-20(21)23-22(25)16-7-5-4-6-8-16/h4-15H,1-3H3. The van der Waals surface area contributed by atoms with E-state index in [0.717, 1.165) is 39.5 Å². The van der Waals surface area contributed by atoms with E-state index in [1.165, 1.54) is 0 Å². The summed E-state index contributed by atoms with van der Waals surface area (Å²) in [4.78, 5) is 6.98. The van der Waals surface area contributed by atoms with Crippen LogP contribution in [0.3, 0.4) is 0 Å². The second-order valence-corrected chi connectivity index (χ2v) is 6.40. The summed E-state index contributed by atoms with van der Waals surface area (Å²) >= 11 is 0. The van der Waals surface area contributed by atoms with Crippen molar-refractivity contribution in [3.8, 4) is 22.8 Å². The fourth-order valence-corrected chi connectivity index (χ4v) is 3.12. The van der Waals surface area contributed by atoms with Crippen molar-refractivity contribution in [2.75, 3.05) is 26.1 Å². The third kappa shape index (κ3) is 2.80. The maximum absolute atomic E-state index is 5.43. The lowest BCUT2D eigenvalue weighted by Gasteiger charge is -2.14. The molecule has 0 saturated carbocycles. The molecular formula is C22H21N3O. The first-order valence-corrected chi connectivity index (χ1v) is 8.57. The first kappa shape index (κ1) is 16.2. The molecule has 4 nitrogen and oxygen atoms in total. The minimum atomic E-state index is 0.822. The Morgan fingerprint density at radius 3 is 2.27 bits per heavy atom. The van der Waals surface area contributed by atoms with Crippen molar-refractivity contribution >= 4 is 16.7 Å². The SMILES string of the molecule is COc1ccc2nc(-c3ccccc3)n(-c3ccc(N(C)C)cc3)c2c1. The molecule has 1 heterocycles. The third-order valence-corrected chi connectivity index (χ3v) is 4.52. The second-order valence-electron chi connectivity index (χ2n) is 6.40. The molecule has 0 aliphatic heterocycles. The first-order chi connectivity index (χ1) is 12.7. The van der Waals surface area contributed by atoms with Crippen molar-refractivity contribution in [3.63, 3.8) is 0 Å². The molecule has 4 rings (SSSR count). The Bertz CT molecular complexity index is 1030. The molecule has 0 aliphatic carbocycles. The van der Waals surface area contributed by atoms with E-state index in [4.69, 9.17) is 9.72 Å². The van der Waals surface area contributed by atoms with Gasteiger partial charge in [0, 0.05) is 37.1 Å². The van der Waals surface area contributed by atoms with Crippen LogP contribution < -0.4 is 9.64 Å². The highest BCUT2D eigenvalue weighted by atomic mass is 16.5. The maximum atomic E-state index is 5.43. The second kappa shape index (κ2) is 6.56.